The standard InChI is InChI=1S/C24H25NO7/c1-14-12-16(5-6-17(14)30-3)22(26)20-21(25(8-9-29-2)24(28)23(20)27)15-4-7-18-19(13-15)32-11-10-31-18/h4-7,12-13,21,26H,8-11H2,1-3H3/b22-20+. The first-order valence-corrected chi connectivity index (χ1v) is 10.3. The van der Waals surface area contributed by atoms with Gasteiger partial charge in [-0.2, -0.15) is 0 Å². The van der Waals surface area contributed by atoms with Crippen molar-refractivity contribution in [2.24, 2.45) is 0 Å². The molecule has 0 aliphatic carbocycles. The van der Waals surface area contributed by atoms with Gasteiger partial charge in [0.1, 0.15) is 24.7 Å². The molecule has 2 heterocycles. The van der Waals surface area contributed by atoms with Crippen LogP contribution in [0.5, 0.6) is 17.2 Å². The summed E-state index contributed by atoms with van der Waals surface area (Å²) in [6, 6.07) is 9.57. The lowest BCUT2D eigenvalue weighted by Gasteiger charge is -2.26. The van der Waals surface area contributed by atoms with E-state index in [0.717, 1.165) is 5.56 Å². The van der Waals surface area contributed by atoms with Crippen molar-refractivity contribution in [3.63, 3.8) is 0 Å². The Balaban J connectivity index is 1.85. The van der Waals surface area contributed by atoms with Crippen LogP contribution >= 0.6 is 0 Å². The molecule has 1 N–H and O–H groups in total. The number of carbonyl (C=O) groups excluding carboxylic acids is 2. The zero-order valence-corrected chi connectivity index (χ0v) is 18.2. The van der Waals surface area contributed by atoms with Crippen LogP contribution in [0, 0.1) is 6.92 Å². The second-order valence-corrected chi connectivity index (χ2v) is 7.57. The van der Waals surface area contributed by atoms with Crippen molar-refractivity contribution in [1.29, 1.82) is 0 Å². The SMILES string of the molecule is COCCN1C(=O)C(=O)/C(=C(/O)c2ccc(OC)c(C)c2)C1c1ccc2c(c1)OCCO2. The van der Waals surface area contributed by atoms with Gasteiger partial charge in [-0.25, -0.2) is 0 Å². The van der Waals surface area contributed by atoms with Crippen molar-refractivity contribution in [2.75, 3.05) is 40.6 Å². The van der Waals surface area contributed by atoms with Crippen molar-refractivity contribution in [2.45, 2.75) is 13.0 Å². The number of rotatable bonds is 6. The number of fused-ring (bicyclic) bond motifs is 1. The first-order valence-electron chi connectivity index (χ1n) is 10.3. The highest BCUT2D eigenvalue weighted by molar-refractivity contribution is 6.46. The topological polar surface area (TPSA) is 94.5 Å². The summed E-state index contributed by atoms with van der Waals surface area (Å²) in [6.07, 6.45) is 0. The molecule has 1 unspecified atom stereocenters. The average Bonchev–Trinajstić information content (AvgIpc) is 3.06. The summed E-state index contributed by atoms with van der Waals surface area (Å²) in [5.74, 6) is 0.117. The maximum absolute atomic E-state index is 13.0. The Labute approximate surface area is 185 Å². The summed E-state index contributed by atoms with van der Waals surface area (Å²) in [7, 11) is 3.08. The van der Waals surface area contributed by atoms with Crippen LogP contribution in [0.4, 0.5) is 0 Å². The molecule has 4 rings (SSSR count). The number of likely N-dealkylation sites (tertiary alicyclic amines) is 1. The number of hydrogen-bond donors (Lipinski definition) is 1. The van der Waals surface area contributed by atoms with Gasteiger partial charge in [0.25, 0.3) is 11.7 Å². The minimum Gasteiger partial charge on any atom is -0.507 e. The van der Waals surface area contributed by atoms with E-state index in [4.69, 9.17) is 18.9 Å². The molecule has 2 aliphatic rings. The number of nitrogens with zero attached hydrogens (tertiary/aromatic N) is 1. The number of ether oxygens (including phenoxy) is 4. The molecule has 1 amide bonds. The molecule has 0 aromatic heterocycles. The van der Waals surface area contributed by atoms with E-state index in [1.54, 1.807) is 43.5 Å². The Morgan fingerprint density at radius 1 is 1.09 bits per heavy atom. The number of amides is 1. The molecule has 2 aromatic rings. The predicted octanol–water partition coefficient (Wildman–Crippen LogP) is 2.84. The Hall–Kier alpha value is -3.52. The second kappa shape index (κ2) is 8.92. The molecule has 1 atom stereocenters. The van der Waals surface area contributed by atoms with Gasteiger partial charge in [0.2, 0.25) is 0 Å². The van der Waals surface area contributed by atoms with Crippen LogP contribution in [0.25, 0.3) is 5.76 Å². The first kappa shape index (κ1) is 21.7. The molecule has 8 nitrogen and oxygen atoms in total. The molecule has 0 radical (unpaired) electrons. The Kier molecular flexibility index (Phi) is 6.05. The maximum Gasteiger partial charge on any atom is 0.295 e. The van der Waals surface area contributed by atoms with Crippen LogP contribution in [-0.2, 0) is 14.3 Å². The van der Waals surface area contributed by atoms with Gasteiger partial charge in [-0.1, -0.05) is 6.07 Å². The van der Waals surface area contributed by atoms with E-state index in [-0.39, 0.29) is 24.5 Å². The average molecular weight is 439 g/mol. The van der Waals surface area contributed by atoms with Crippen LogP contribution in [0.15, 0.2) is 42.0 Å². The lowest BCUT2D eigenvalue weighted by atomic mass is 9.94. The van der Waals surface area contributed by atoms with E-state index in [9.17, 15) is 14.7 Å². The van der Waals surface area contributed by atoms with Crippen molar-refractivity contribution in [3.8, 4) is 17.2 Å². The molecule has 2 aromatic carbocycles. The number of methoxy groups -OCH3 is 2. The van der Waals surface area contributed by atoms with Crippen molar-refractivity contribution in [1.82, 2.24) is 4.90 Å². The van der Waals surface area contributed by atoms with Crippen LogP contribution < -0.4 is 14.2 Å². The number of Topliss-reactive ketones (excluding diaryl/α,β-unsaturated/α-hetero) is 1. The molecule has 1 saturated heterocycles. The highest BCUT2D eigenvalue weighted by Crippen LogP contribution is 2.42. The van der Waals surface area contributed by atoms with E-state index in [0.29, 0.717) is 41.6 Å². The third-order valence-electron chi connectivity index (χ3n) is 5.63. The highest BCUT2D eigenvalue weighted by Gasteiger charge is 2.46. The van der Waals surface area contributed by atoms with Gasteiger partial charge < -0.3 is 29.0 Å². The van der Waals surface area contributed by atoms with Crippen molar-refractivity contribution < 1.29 is 33.6 Å². The largest absolute Gasteiger partial charge is 0.507 e. The van der Waals surface area contributed by atoms with Crippen LogP contribution in [-0.4, -0.2) is 62.3 Å². The molecule has 2 aliphatic heterocycles. The molecule has 8 heteroatoms. The first-order chi connectivity index (χ1) is 15.5. The number of carbonyl (C=O) groups is 2. The normalized spacial score (nSPS) is 19.3. The van der Waals surface area contributed by atoms with E-state index >= 15 is 0 Å². The van der Waals surface area contributed by atoms with E-state index in [1.807, 2.05) is 6.92 Å². The lowest BCUT2D eigenvalue weighted by molar-refractivity contribution is -0.140. The number of aryl methyl sites for hydroxylation is 1. The van der Waals surface area contributed by atoms with Gasteiger partial charge in [0.05, 0.1) is 25.3 Å². The number of aliphatic hydroxyl groups excluding tert-OH is 1. The summed E-state index contributed by atoms with van der Waals surface area (Å²) in [5.41, 5.74) is 1.88. The van der Waals surface area contributed by atoms with E-state index < -0.39 is 17.7 Å². The molecule has 0 saturated carbocycles. The van der Waals surface area contributed by atoms with Gasteiger partial charge in [0, 0.05) is 19.2 Å². The summed E-state index contributed by atoms with van der Waals surface area (Å²) in [5, 5.41) is 11.2. The maximum atomic E-state index is 13.0. The summed E-state index contributed by atoms with van der Waals surface area (Å²) >= 11 is 0. The molecule has 0 spiro atoms. The molecular formula is C24H25NO7. The third-order valence-corrected chi connectivity index (χ3v) is 5.63. The molecule has 168 valence electrons. The van der Waals surface area contributed by atoms with Gasteiger partial charge in [-0.3, -0.25) is 9.59 Å². The fourth-order valence-electron chi connectivity index (χ4n) is 4.06. The molecule has 32 heavy (non-hydrogen) atoms. The zero-order valence-electron chi connectivity index (χ0n) is 18.2. The number of ketones is 1. The summed E-state index contributed by atoms with van der Waals surface area (Å²) in [4.78, 5) is 27.4. The summed E-state index contributed by atoms with van der Waals surface area (Å²) < 4.78 is 21.7. The molecule has 1 fully saturated rings. The third kappa shape index (κ3) is 3.78. The van der Waals surface area contributed by atoms with Crippen LogP contribution in [0.1, 0.15) is 22.7 Å². The van der Waals surface area contributed by atoms with Crippen molar-refractivity contribution >= 4 is 17.4 Å². The smallest absolute Gasteiger partial charge is 0.295 e. The number of hydrogen-bond acceptors (Lipinski definition) is 7. The minimum absolute atomic E-state index is 0.0207. The minimum atomic E-state index is -0.789. The number of benzene rings is 2. The van der Waals surface area contributed by atoms with Crippen LogP contribution in [0.2, 0.25) is 0 Å². The summed E-state index contributed by atoms with van der Waals surface area (Å²) in [6.45, 7) is 3.14. The lowest BCUT2D eigenvalue weighted by Crippen LogP contribution is -2.32. The Morgan fingerprint density at radius 3 is 2.53 bits per heavy atom. The monoisotopic (exact) mass is 439 g/mol. The zero-order chi connectivity index (χ0) is 22.8. The fourth-order valence-corrected chi connectivity index (χ4v) is 4.06. The van der Waals surface area contributed by atoms with Gasteiger partial charge in [-0.15, -0.1) is 0 Å². The second-order valence-electron chi connectivity index (χ2n) is 7.57. The van der Waals surface area contributed by atoms with Crippen LogP contribution in [0.3, 0.4) is 0 Å². The van der Waals surface area contributed by atoms with Gasteiger partial charge in [0.15, 0.2) is 11.5 Å². The number of aliphatic hydroxyl groups is 1. The molecular weight excluding hydrogens is 414 g/mol. The van der Waals surface area contributed by atoms with Crippen molar-refractivity contribution in [3.05, 3.63) is 58.7 Å². The Bertz CT molecular complexity index is 1090. The highest BCUT2D eigenvalue weighted by atomic mass is 16.6. The quantitative estimate of drug-likeness (QED) is 0.420. The molecule has 0 bridgehead atoms. The fraction of sp³-hybridized carbons (Fsp3) is 0.333. The van der Waals surface area contributed by atoms with E-state index in [1.165, 1.54) is 12.0 Å². The predicted molar refractivity (Wildman–Crippen MR) is 116 cm³/mol. The van der Waals surface area contributed by atoms with Gasteiger partial charge >= 0.3 is 0 Å². The Morgan fingerprint density at radius 2 is 1.84 bits per heavy atom. The van der Waals surface area contributed by atoms with Gasteiger partial charge in [-0.05, 0) is 48.4 Å². The van der Waals surface area contributed by atoms with E-state index in [2.05, 4.69) is 0 Å².